The van der Waals surface area contributed by atoms with Crippen molar-refractivity contribution in [3.05, 3.63) is 35.1 Å². The fraction of sp³-hybridized carbons (Fsp3) is 0.500. The predicted molar refractivity (Wildman–Crippen MR) is 65.9 cm³/mol. The molecular formula is C12H18FNOS. The van der Waals surface area contributed by atoms with Crippen LogP contribution in [0, 0.1) is 5.82 Å². The van der Waals surface area contributed by atoms with E-state index in [0.29, 0.717) is 18.1 Å². The molecule has 0 aliphatic carbocycles. The highest BCUT2D eigenvalue weighted by Gasteiger charge is 2.07. The number of hydrogen-bond donors (Lipinski definition) is 1. The lowest BCUT2D eigenvalue weighted by atomic mass is 10.1. The van der Waals surface area contributed by atoms with Crippen LogP contribution < -0.4 is 5.73 Å². The third-order valence-corrected chi connectivity index (χ3v) is 3.81. The number of rotatable bonds is 6. The molecule has 0 spiro atoms. The third-order valence-electron chi connectivity index (χ3n) is 2.43. The van der Waals surface area contributed by atoms with Crippen LogP contribution >= 0.6 is 0 Å². The van der Waals surface area contributed by atoms with Gasteiger partial charge in [0.1, 0.15) is 5.82 Å². The first-order valence-corrected chi connectivity index (χ1v) is 6.98. The van der Waals surface area contributed by atoms with Gasteiger partial charge in [0.05, 0.1) is 0 Å². The first-order chi connectivity index (χ1) is 7.67. The Kier molecular flexibility index (Phi) is 5.63. The highest BCUT2D eigenvalue weighted by molar-refractivity contribution is 7.84. The van der Waals surface area contributed by atoms with E-state index in [4.69, 9.17) is 5.73 Å². The van der Waals surface area contributed by atoms with Crippen molar-refractivity contribution in [3.63, 3.8) is 0 Å². The Hall–Kier alpha value is -0.740. The number of nitrogens with two attached hydrogens (primary N) is 1. The van der Waals surface area contributed by atoms with Gasteiger partial charge in [-0.1, -0.05) is 19.4 Å². The topological polar surface area (TPSA) is 43.1 Å². The molecule has 0 saturated carbocycles. The molecule has 1 aromatic carbocycles. The molecule has 2 nitrogen and oxygen atoms in total. The fourth-order valence-electron chi connectivity index (χ4n) is 1.48. The molecular weight excluding hydrogens is 225 g/mol. The fourth-order valence-corrected chi connectivity index (χ4v) is 2.85. The molecule has 4 heteroatoms. The minimum atomic E-state index is -0.913. The highest BCUT2D eigenvalue weighted by atomic mass is 32.2. The van der Waals surface area contributed by atoms with E-state index in [1.807, 2.05) is 0 Å². The average Bonchev–Trinajstić information content (AvgIpc) is 2.27. The zero-order valence-corrected chi connectivity index (χ0v) is 10.4. The Balaban J connectivity index is 2.71. The SMILES string of the molecule is CCCCS(=O)Cc1cc(F)ccc1CN. The minimum absolute atomic E-state index is 0.292. The number of hydrogen-bond acceptors (Lipinski definition) is 2. The van der Waals surface area contributed by atoms with Gasteiger partial charge in [0.15, 0.2) is 0 Å². The Bertz CT molecular complexity index is 368. The van der Waals surface area contributed by atoms with Gasteiger partial charge in [-0.15, -0.1) is 0 Å². The van der Waals surface area contributed by atoms with E-state index in [-0.39, 0.29) is 5.82 Å². The summed E-state index contributed by atoms with van der Waals surface area (Å²) >= 11 is 0. The van der Waals surface area contributed by atoms with Gasteiger partial charge < -0.3 is 5.73 Å². The maximum absolute atomic E-state index is 13.0. The van der Waals surface area contributed by atoms with Crippen LogP contribution in [-0.4, -0.2) is 9.96 Å². The summed E-state index contributed by atoms with van der Waals surface area (Å²) in [6.45, 7) is 2.42. The maximum Gasteiger partial charge on any atom is 0.123 e. The lowest BCUT2D eigenvalue weighted by molar-refractivity contribution is 0.625. The van der Waals surface area contributed by atoms with Crippen molar-refractivity contribution in [2.45, 2.75) is 32.1 Å². The molecule has 2 N–H and O–H groups in total. The molecule has 0 aromatic heterocycles. The lowest BCUT2D eigenvalue weighted by Gasteiger charge is -2.07. The summed E-state index contributed by atoms with van der Waals surface area (Å²) < 4.78 is 24.7. The van der Waals surface area contributed by atoms with Crippen molar-refractivity contribution in [2.75, 3.05) is 5.75 Å². The molecule has 0 bridgehead atoms. The molecule has 0 aliphatic heterocycles. The quantitative estimate of drug-likeness (QED) is 0.833. The zero-order valence-electron chi connectivity index (χ0n) is 9.54. The Morgan fingerprint density at radius 1 is 1.38 bits per heavy atom. The first kappa shape index (κ1) is 13.3. The van der Waals surface area contributed by atoms with Crippen LogP contribution in [0.2, 0.25) is 0 Å². The summed E-state index contributed by atoms with van der Waals surface area (Å²) in [5.41, 5.74) is 7.21. The van der Waals surface area contributed by atoms with E-state index in [9.17, 15) is 8.60 Å². The Morgan fingerprint density at radius 2 is 2.12 bits per heavy atom. The van der Waals surface area contributed by atoms with Gasteiger partial charge in [0.2, 0.25) is 0 Å². The summed E-state index contributed by atoms with van der Waals surface area (Å²) in [5.74, 6) is 0.793. The predicted octanol–water partition coefficient (Wildman–Crippen LogP) is 2.33. The molecule has 1 aromatic rings. The smallest absolute Gasteiger partial charge is 0.123 e. The molecule has 0 heterocycles. The summed E-state index contributed by atoms with van der Waals surface area (Å²) in [6, 6.07) is 4.49. The molecule has 0 aliphatic rings. The van der Waals surface area contributed by atoms with Gasteiger partial charge >= 0.3 is 0 Å². The summed E-state index contributed by atoms with van der Waals surface area (Å²) in [5, 5.41) is 0. The molecule has 90 valence electrons. The van der Waals surface area contributed by atoms with Gasteiger partial charge in [0.25, 0.3) is 0 Å². The summed E-state index contributed by atoms with van der Waals surface area (Å²) in [6.07, 6.45) is 1.97. The molecule has 0 amide bonds. The molecule has 16 heavy (non-hydrogen) atoms. The van der Waals surface area contributed by atoms with E-state index in [0.717, 1.165) is 24.0 Å². The van der Waals surface area contributed by atoms with Crippen molar-refractivity contribution in [1.29, 1.82) is 0 Å². The van der Waals surface area contributed by atoms with Crippen LogP contribution in [0.5, 0.6) is 0 Å². The number of benzene rings is 1. The monoisotopic (exact) mass is 243 g/mol. The van der Waals surface area contributed by atoms with E-state index in [1.54, 1.807) is 6.07 Å². The van der Waals surface area contributed by atoms with Crippen LogP contribution in [0.15, 0.2) is 18.2 Å². The number of halogens is 1. The Labute approximate surface area is 98.5 Å². The molecule has 0 saturated heterocycles. The van der Waals surface area contributed by atoms with Gasteiger partial charge in [-0.25, -0.2) is 4.39 Å². The summed E-state index contributed by atoms with van der Waals surface area (Å²) in [4.78, 5) is 0. The molecule has 1 atom stereocenters. The normalized spacial score (nSPS) is 12.7. The van der Waals surface area contributed by atoms with Crippen LogP contribution in [0.1, 0.15) is 30.9 Å². The highest BCUT2D eigenvalue weighted by Crippen LogP contribution is 2.13. The third kappa shape index (κ3) is 4.02. The average molecular weight is 243 g/mol. The van der Waals surface area contributed by atoms with Crippen molar-refractivity contribution in [3.8, 4) is 0 Å². The van der Waals surface area contributed by atoms with Gasteiger partial charge in [-0.05, 0) is 29.7 Å². The van der Waals surface area contributed by atoms with Crippen molar-refractivity contribution < 1.29 is 8.60 Å². The second-order valence-electron chi connectivity index (χ2n) is 3.76. The largest absolute Gasteiger partial charge is 0.326 e. The van der Waals surface area contributed by atoms with Crippen molar-refractivity contribution in [1.82, 2.24) is 0 Å². The number of unbranched alkanes of at least 4 members (excludes halogenated alkanes) is 1. The second-order valence-corrected chi connectivity index (χ2v) is 5.34. The van der Waals surface area contributed by atoms with Crippen molar-refractivity contribution >= 4 is 10.8 Å². The molecule has 0 radical (unpaired) electrons. The maximum atomic E-state index is 13.0. The second kappa shape index (κ2) is 6.76. The lowest BCUT2D eigenvalue weighted by Crippen LogP contribution is -2.07. The van der Waals surface area contributed by atoms with Crippen LogP contribution in [0.4, 0.5) is 4.39 Å². The molecule has 0 fully saturated rings. The van der Waals surface area contributed by atoms with E-state index >= 15 is 0 Å². The summed E-state index contributed by atoms with van der Waals surface area (Å²) in [7, 11) is -0.913. The van der Waals surface area contributed by atoms with Crippen LogP contribution in [-0.2, 0) is 23.1 Å². The Morgan fingerprint density at radius 3 is 2.75 bits per heavy atom. The van der Waals surface area contributed by atoms with E-state index in [1.165, 1.54) is 12.1 Å². The van der Waals surface area contributed by atoms with Crippen LogP contribution in [0.3, 0.4) is 0 Å². The minimum Gasteiger partial charge on any atom is -0.326 e. The van der Waals surface area contributed by atoms with Crippen LogP contribution in [0.25, 0.3) is 0 Å². The van der Waals surface area contributed by atoms with Crippen molar-refractivity contribution in [2.24, 2.45) is 5.73 Å². The standard InChI is InChI=1S/C12H18FNOS/c1-2-3-6-16(15)9-11-7-12(13)5-4-10(11)8-14/h4-5,7H,2-3,6,8-9,14H2,1H3. The molecule has 1 unspecified atom stereocenters. The van der Waals surface area contributed by atoms with Gasteiger partial charge in [0, 0.05) is 28.9 Å². The zero-order chi connectivity index (χ0) is 12.0. The first-order valence-electron chi connectivity index (χ1n) is 5.49. The van der Waals surface area contributed by atoms with Gasteiger partial charge in [-0.2, -0.15) is 0 Å². The molecule has 1 rings (SSSR count). The van der Waals surface area contributed by atoms with E-state index in [2.05, 4.69) is 6.92 Å². The van der Waals surface area contributed by atoms with E-state index < -0.39 is 10.8 Å². The van der Waals surface area contributed by atoms with Gasteiger partial charge in [-0.3, -0.25) is 4.21 Å².